The number of hydrogen-bond acceptors (Lipinski definition) is 4. The Kier molecular flexibility index (Phi) is 7.51. The SMILES string of the molecule is O=C(Oc1ccc(Br)cc1C=NNC(=S)Nc1ccc(F)cc1)c1ccc(Cl)cc1. The average molecular weight is 507 g/mol. The van der Waals surface area contributed by atoms with Crippen molar-refractivity contribution in [3.63, 3.8) is 0 Å². The minimum Gasteiger partial charge on any atom is -0.422 e. The lowest BCUT2D eigenvalue weighted by molar-refractivity contribution is 0.0734. The van der Waals surface area contributed by atoms with Crippen molar-refractivity contribution in [2.24, 2.45) is 5.10 Å². The summed E-state index contributed by atoms with van der Waals surface area (Å²) in [4.78, 5) is 12.4. The predicted octanol–water partition coefficient (Wildman–Crippen LogP) is 5.78. The first-order valence-corrected chi connectivity index (χ1v) is 10.1. The first-order chi connectivity index (χ1) is 14.4. The van der Waals surface area contributed by atoms with Crippen LogP contribution < -0.4 is 15.5 Å². The third-order valence-corrected chi connectivity index (χ3v) is 4.66. The maximum atomic E-state index is 13.0. The molecule has 5 nitrogen and oxygen atoms in total. The Morgan fingerprint density at radius 1 is 1.10 bits per heavy atom. The number of carbonyl (C=O) groups excluding carboxylic acids is 1. The number of ether oxygens (including phenoxy) is 1. The number of benzene rings is 3. The van der Waals surface area contributed by atoms with Crippen molar-refractivity contribution in [1.29, 1.82) is 0 Å². The molecule has 0 aliphatic carbocycles. The molecule has 0 saturated carbocycles. The first kappa shape index (κ1) is 21.9. The van der Waals surface area contributed by atoms with Crippen LogP contribution in [0.15, 0.2) is 76.3 Å². The van der Waals surface area contributed by atoms with Crippen molar-refractivity contribution in [3.05, 3.63) is 93.2 Å². The molecule has 2 N–H and O–H groups in total. The van der Waals surface area contributed by atoms with Gasteiger partial charge in [0.1, 0.15) is 11.6 Å². The number of hydrogen-bond donors (Lipinski definition) is 2. The number of rotatable bonds is 5. The highest BCUT2D eigenvalue weighted by molar-refractivity contribution is 9.10. The molecule has 0 amide bonds. The fourth-order valence-electron chi connectivity index (χ4n) is 2.31. The standard InChI is InChI=1S/C21H14BrClFN3O2S/c22-15-3-10-19(29-20(28)13-1-4-16(23)5-2-13)14(11-15)12-25-27-21(30)26-18-8-6-17(24)7-9-18/h1-12H,(H2,26,27,30). The van der Waals surface area contributed by atoms with E-state index in [4.69, 9.17) is 28.6 Å². The fraction of sp³-hybridized carbons (Fsp3) is 0. The summed E-state index contributed by atoms with van der Waals surface area (Å²) in [5, 5.41) is 7.68. The van der Waals surface area contributed by atoms with Crippen LogP contribution in [0.3, 0.4) is 0 Å². The Bertz CT molecular complexity index is 1090. The minimum atomic E-state index is -0.523. The molecular formula is C21H14BrClFN3O2S. The summed E-state index contributed by atoms with van der Waals surface area (Å²) in [6.07, 6.45) is 1.47. The van der Waals surface area contributed by atoms with Crippen molar-refractivity contribution in [3.8, 4) is 5.75 Å². The number of halogens is 3. The van der Waals surface area contributed by atoms with Crippen molar-refractivity contribution < 1.29 is 13.9 Å². The third kappa shape index (κ3) is 6.35. The molecule has 152 valence electrons. The van der Waals surface area contributed by atoms with Gasteiger partial charge < -0.3 is 10.1 Å². The monoisotopic (exact) mass is 505 g/mol. The van der Waals surface area contributed by atoms with E-state index in [1.54, 1.807) is 54.6 Å². The normalized spacial score (nSPS) is 10.6. The van der Waals surface area contributed by atoms with Gasteiger partial charge in [0.25, 0.3) is 0 Å². The van der Waals surface area contributed by atoms with E-state index in [-0.39, 0.29) is 10.9 Å². The van der Waals surface area contributed by atoms with Crippen LogP contribution in [0.2, 0.25) is 5.02 Å². The number of nitrogens with zero attached hydrogens (tertiary/aromatic N) is 1. The largest absolute Gasteiger partial charge is 0.422 e. The molecule has 30 heavy (non-hydrogen) atoms. The minimum absolute atomic E-state index is 0.215. The molecular weight excluding hydrogens is 493 g/mol. The maximum absolute atomic E-state index is 13.0. The highest BCUT2D eigenvalue weighted by atomic mass is 79.9. The van der Waals surface area contributed by atoms with Gasteiger partial charge in [-0.25, -0.2) is 9.18 Å². The second-order valence-electron chi connectivity index (χ2n) is 5.91. The summed E-state index contributed by atoms with van der Waals surface area (Å²) >= 11 is 14.4. The Labute approximate surface area is 191 Å². The van der Waals surface area contributed by atoms with Gasteiger partial charge >= 0.3 is 5.97 Å². The molecule has 0 fully saturated rings. The van der Waals surface area contributed by atoms with Crippen molar-refractivity contribution in [2.45, 2.75) is 0 Å². The topological polar surface area (TPSA) is 62.7 Å². The van der Waals surface area contributed by atoms with E-state index in [9.17, 15) is 9.18 Å². The maximum Gasteiger partial charge on any atom is 0.343 e. The Balaban J connectivity index is 1.67. The summed E-state index contributed by atoms with van der Waals surface area (Å²) in [6.45, 7) is 0. The number of esters is 1. The average Bonchev–Trinajstić information content (AvgIpc) is 2.72. The second kappa shape index (κ2) is 10.3. The molecule has 0 atom stereocenters. The van der Waals surface area contributed by atoms with Crippen molar-refractivity contribution >= 4 is 62.7 Å². The lowest BCUT2D eigenvalue weighted by Crippen LogP contribution is -2.23. The quantitative estimate of drug-likeness (QED) is 0.151. The van der Waals surface area contributed by atoms with Crippen LogP contribution in [0.1, 0.15) is 15.9 Å². The molecule has 0 unspecified atom stereocenters. The number of hydrazone groups is 1. The number of anilines is 1. The molecule has 0 radical (unpaired) electrons. The number of nitrogens with one attached hydrogen (secondary N) is 2. The Morgan fingerprint density at radius 2 is 1.80 bits per heavy atom. The molecule has 0 spiro atoms. The van der Waals surface area contributed by atoms with Crippen LogP contribution in [-0.2, 0) is 0 Å². The van der Waals surface area contributed by atoms with Gasteiger partial charge in [0.15, 0.2) is 5.11 Å². The molecule has 0 aliphatic heterocycles. The van der Waals surface area contributed by atoms with Crippen molar-refractivity contribution in [2.75, 3.05) is 5.32 Å². The van der Waals surface area contributed by atoms with Gasteiger partial charge in [0.2, 0.25) is 0 Å². The van der Waals surface area contributed by atoms with E-state index in [0.29, 0.717) is 27.6 Å². The Morgan fingerprint density at radius 3 is 2.50 bits per heavy atom. The van der Waals surface area contributed by atoms with Crippen LogP contribution in [0.25, 0.3) is 0 Å². The molecule has 9 heteroatoms. The van der Waals surface area contributed by atoms with Crippen LogP contribution >= 0.6 is 39.7 Å². The van der Waals surface area contributed by atoms with Crippen LogP contribution in [0.5, 0.6) is 5.75 Å². The highest BCUT2D eigenvalue weighted by Gasteiger charge is 2.11. The van der Waals surface area contributed by atoms with E-state index >= 15 is 0 Å². The van der Waals surface area contributed by atoms with E-state index in [2.05, 4.69) is 31.8 Å². The van der Waals surface area contributed by atoms with Gasteiger partial charge in [-0.2, -0.15) is 5.10 Å². The number of thiocarbonyl (C=S) groups is 1. The smallest absolute Gasteiger partial charge is 0.343 e. The zero-order chi connectivity index (χ0) is 21.5. The zero-order valence-corrected chi connectivity index (χ0v) is 18.4. The Hall–Kier alpha value is -2.81. The lowest BCUT2D eigenvalue weighted by Gasteiger charge is -2.09. The second-order valence-corrected chi connectivity index (χ2v) is 7.67. The molecule has 0 heterocycles. The van der Waals surface area contributed by atoms with Gasteiger partial charge in [-0.15, -0.1) is 0 Å². The van der Waals surface area contributed by atoms with E-state index in [1.165, 1.54) is 18.3 Å². The molecule has 0 aromatic heterocycles. The lowest BCUT2D eigenvalue weighted by atomic mass is 10.2. The summed E-state index contributed by atoms with van der Waals surface area (Å²) < 4.78 is 19.2. The van der Waals surface area contributed by atoms with E-state index in [1.807, 2.05) is 0 Å². The first-order valence-electron chi connectivity index (χ1n) is 8.53. The number of carbonyl (C=O) groups is 1. The van der Waals surface area contributed by atoms with Gasteiger partial charge in [-0.1, -0.05) is 27.5 Å². The molecule has 0 bridgehead atoms. The molecule has 0 aliphatic rings. The summed E-state index contributed by atoms with van der Waals surface area (Å²) in [6, 6.07) is 17.3. The summed E-state index contributed by atoms with van der Waals surface area (Å²) in [5.41, 5.74) is 4.19. The third-order valence-electron chi connectivity index (χ3n) is 3.73. The van der Waals surface area contributed by atoms with E-state index in [0.717, 1.165) is 4.47 Å². The molecule has 3 aromatic rings. The molecule has 3 rings (SSSR count). The van der Waals surface area contributed by atoms with E-state index < -0.39 is 5.97 Å². The van der Waals surface area contributed by atoms with Crippen LogP contribution in [0.4, 0.5) is 10.1 Å². The molecule has 3 aromatic carbocycles. The van der Waals surface area contributed by atoms with Crippen molar-refractivity contribution in [1.82, 2.24) is 5.43 Å². The summed E-state index contributed by atoms with van der Waals surface area (Å²) in [5.74, 6) is -0.543. The highest BCUT2D eigenvalue weighted by Crippen LogP contribution is 2.23. The summed E-state index contributed by atoms with van der Waals surface area (Å²) in [7, 11) is 0. The fourth-order valence-corrected chi connectivity index (χ4v) is 2.99. The molecule has 0 saturated heterocycles. The van der Waals surface area contributed by atoms with Gasteiger partial charge in [0.05, 0.1) is 11.8 Å². The van der Waals surface area contributed by atoms with Crippen LogP contribution in [-0.4, -0.2) is 17.3 Å². The van der Waals surface area contributed by atoms with Gasteiger partial charge in [-0.3, -0.25) is 5.43 Å². The van der Waals surface area contributed by atoms with Gasteiger partial charge in [0, 0.05) is 20.7 Å². The zero-order valence-electron chi connectivity index (χ0n) is 15.2. The van der Waals surface area contributed by atoms with Gasteiger partial charge in [-0.05, 0) is 78.9 Å². The van der Waals surface area contributed by atoms with Crippen LogP contribution in [0, 0.1) is 5.82 Å². The predicted molar refractivity (Wildman–Crippen MR) is 124 cm³/mol.